The molecule has 0 atom stereocenters. The second-order valence-corrected chi connectivity index (χ2v) is 4.42. The second-order valence-electron chi connectivity index (χ2n) is 4.42. The summed E-state index contributed by atoms with van der Waals surface area (Å²) >= 11 is 0. The third kappa shape index (κ3) is 1.93. The molecule has 1 aliphatic rings. The molecule has 0 bridgehead atoms. The van der Waals surface area contributed by atoms with Crippen LogP contribution in [0.3, 0.4) is 0 Å². The van der Waals surface area contributed by atoms with Gasteiger partial charge in [-0.2, -0.15) is 0 Å². The summed E-state index contributed by atoms with van der Waals surface area (Å²) in [4.78, 5) is 17.8. The Morgan fingerprint density at radius 1 is 1.32 bits per heavy atom. The Bertz CT molecular complexity index is 640. The first-order chi connectivity index (χ1) is 9.16. The average Bonchev–Trinajstić information content (AvgIpc) is 2.84. The largest absolute Gasteiger partial charge is 0.397 e. The van der Waals surface area contributed by atoms with Crippen molar-refractivity contribution in [2.45, 2.75) is 6.42 Å². The van der Waals surface area contributed by atoms with Crippen LogP contribution in [0.1, 0.15) is 16.1 Å². The molecule has 19 heavy (non-hydrogen) atoms. The molecule has 0 saturated heterocycles. The van der Waals surface area contributed by atoms with Crippen molar-refractivity contribution < 1.29 is 9.18 Å². The van der Waals surface area contributed by atoms with E-state index in [1.165, 1.54) is 12.1 Å². The van der Waals surface area contributed by atoms with Gasteiger partial charge in [-0.15, -0.1) is 0 Å². The van der Waals surface area contributed by atoms with Crippen molar-refractivity contribution in [1.29, 1.82) is 0 Å². The number of nitrogen functional groups attached to an aromatic ring is 1. The minimum atomic E-state index is -0.460. The van der Waals surface area contributed by atoms with Crippen LogP contribution in [0.5, 0.6) is 0 Å². The first-order valence-corrected chi connectivity index (χ1v) is 5.97. The van der Waals surface area contributed by atoms with Gasteiger partial charge in [0.15, 0.2) is 0 Å². The van der Waals surface area contributed by atoms with Gasteiger partial charge in [0, 0.05) is 6.54 Å². The predicted molar refractivity (Wildman–Crippen MR) is 70.4 cm³/mol. The van der Waals surface area contributed by atoms with E-state index in [0.717, 1.165) is 23.9 Å². The fourth-order valence-corrected chi connectivity index (χ4v) is 2.33. The maximum absolute atomic E-state index is 12.8. The summed E-state index contributed by atoms with van der Waals surface area (Å²) in [6.07, 6.45) is 1.81. The SMILES string of the molecule is Nc1cccc2c1N(C(=O)c1ccc(F)cn1)CC2. The number of nitrogens with zero attached hydrogens (tertiary/aromatic N) is 2. The Hall–Kier alpha value is -2.43. The smallest absolute Gasteiger partial charge is 0.276 e. The number of amides is 1. The van der Waals surface area contributed by atoms with Gasteiger partial charge in [0.2, 0.25) is 0 Å². The van der Waals surface area contributed by atoms with Crippen LogP contribution in [-0.2, 0) is 6.42 Å². The fraction of sp³-hybridized carbons (Fsp3) is 0.143. The minimum absolute atomic E-state index is 0.220. The van der Waals surface area contributed by atoms with Gasteiger partial charge in [-0.25, -0.2) is 9.37 Å². The molecule has 0 radical (unpaired) electrons. The first-order valence-electron chi connectivity index (χ1n) is 5.97. The summed E-state index contributed by atoms with van der Waals surface area (Å²) in [7, 11) is 0. The molecule has 3 rings (SSSR count). The Balaban J connectivity index is 1.98. The highest BCUT2D eigenvalue weighted by molar-refractivity contribution is 6.07. The highest BCUT2D eigenvalue weighted by Crippen LogP contribution is 2.34. The molecule has 2 N–H and O–H groups in total. The number of fused-ring (bicyclic) bond motifs is 1. The lowest BCUT2D eigenvalue weighted by Crippen LogP contribution is -2.30. The van der Waals surface area contributed by atoms with Gasteiger partial charge in [-0.1, -0.05) is 12.1 Å². The molecule has 2 aromatic rings. The standard InChI is InChI=1S/C14H12FN3O/c15-10-4-5-12(17-8-10)14(19)18-7-6-9-2-1-3-11(16)13(9)18/h1-5,8H,6-7,16H2. The number of hydrogen-bond donors (Lipinski definition) is 1. The van der Waals surface area contributed by atoms with Gasteiger partial charge >= 0.3 is 0 Å². The number of halogens is 1. The van der Waals surface area contributed by atoms with Crippen molar-refractivity contribution >= 4 is 17.3 Å². The van der Waals surface area contributed by atoms with Crippen molar-refractivity contribution in [3.63, 3.8) is 0 Å². The Labute approximate surface area is 109 Å². The van der Waals surface area contributed by atoms with E-state index in [1.54, 1.807) is 11.0 Å². The summed E-state index contributed by atoms with van der Waals surface area (Å²) in [5.74, 6) is -0.713. The van der Waals surface area contributed by atoms with Crippen molar-refractivity contribution in [2.24, 2.45) is 0 Å². The lowest BCUT2D eigenvalue weighted by atomic mass is 10.1. The van der Waals surface area contributed by atoms with Gasteiger partial charge in [0.05, 0.1) is 17.6 Å². The van der Waals surface area contributed by atoms with E-state index >= 15 is 0 Å². The lowest BCUT2D eigenvalue weighted by molar-refractivity contribution is 0.0984. The highest BCUT2D eigenvalue weighted by Gasteiger charge is 2.27. The van der Waals surface area contributed by atoms with Gasteiger partial charge in [-0.3, -0.25) is 4.79 Å². The summed E-state index contributed by atoms with van der Waals surface area (Å²) in [6, 6.07) is 8.21. The molecule has 1 aromatic heterocycles. The molecule has 96 valence electrons. The molecular weight excluding hydrogens is 245 g/mol. The zero-order chi connectivity index (χ0) is 13.4. The maximum atomic E-state index is 12.8. The van der Waals surface area contributed by atoms with E-state index in [1.807, 2.05) is 12.1 Å². The average molecular weight is 257 g/mol. The summed E-state index contributed by atoms with van der Waals surface area (Å²) in [6.45, 7) is 0.571. The molecule has 5 heteroatoms. The Kier molecular flexibility index (Phi) is 2.67. The van der Waals surface area contributed by atoms with Crippen molar-refractivity contribution in [3.05, 3.63) is 53.6 Å². The van der Waals surface area contributed by atoms with E-state index < -0.39 is 5.82 Å². The number of para-hydroxylation sites is 1. The maximum Gasteiger partial charge on any atom is 0.276 e. The van der Waals surface area contributed by atoms with Gasteiger partial charge in [-0.05, 0) is 30.2 Å². The monoisotopic (exact) mass is 257 g/mol. The lowest BCUT2D eigenvalue weighted by Gasteiger charge is -2.18. The van der Waals surface area contributed by atoms with E-state index in [-0.39, 0.29) is 11.6 Å². The molecule has 1 amide bonds. The number of anilines is 2. The van der Waals surface area contributed by atoms with Crippen LogP contribution in [-0.4, -0.2) is 17.4 Å². The third-order valence-electron chi connectivity index (χ3n) is 3.22. The number of benzene rings is 1. The summed E-state index contributed by atoms with van der Waals surface area (Å²) in [5.41, 5.74) is 8.52. The third-order valence-corrected chi connectivity index (χ3v) is 3.22. The molecule has 0 spiro atoms. The topological polar surface area (TPSA) is 59.2 Å². The van der Waals surface area contributed by atoms with Crippen LogP contribution in [0, 0.1) is 5.82 Å². The summed E-state index contributed by atoms with van der Waals surface area (Å²) in [5, 5.41) is 0. The molecular formula is C14H12FN3O. The van der Waals surface area contributed by atoms with E-state index in [0.29, 0.717) is 12.2 Å². The minimum Gasteiger partial charge on any atom is -0.397 e. The molecule has 1 aliphatic heterocycles. The molecule has 0 saturated carbocycles. The van der Waals surface area contributed by atoms with Crippen LogP contribution < -0.4 is 10.6 Å². The predicted octanol–water partition coefficient (Wildman–Crippen LogP) is 2.01. The number of carbonyl (C=O) groups excluding carboxylic acids is 1. The molecule has 0 aliphatic carbocycles. The van der Waals surface area contributed by atoms with Crippen LogP contribution in [0.4, 0.5) is 15.8 Å². The van der Waals surface area contributed by atoms with Crippen LogP contribution in [0.15, 0.2) is 36.5 Å². The van der Waals surface area contributed by atoms with E-state index in [4.69, 9.17) is 5.73 Å². The zero-order valence-electron chi connectivity index (χ0n) is 10.1. The molecule has 1 aromatic carbocycles. The number of aromatic nitrogens is 1. The highest BCUT2D eigenvalue weighted by atomic mass is 19.1. The van der Waals surface area contributed by atoms with Crippen molar-refractivity contribution in [2.75, 3.05) is 17.2 Å². The van der Waals surface area contributed by atoms with Crippen molar-refractivity contribution in [3.8, 4) is 0 Å². The van der Waals surface area contributed by atoms with Crippen LogP contribution in [0.25, 0.3) is 0 Å². The molecule has 2 heterocycles. The number of pyridine rings is 1. The van der Waals surface area contributed by atoms with E-state index in [9.17, 15) is 9.18 Å². The van der Waals surface area contributed by atoms with Crippen LogP contribution in [0.2, 0.25) is 0 Å². The number of hydrogen-bond acceptors (Lipinski definition) is 3. The fourth-order valence-electron chi connectivity index (χ4n) is 2.33. The Morgan fingerprint density at radius 2 is 2.16 bits per heavy atom. The second kappa shape index (κ2) is 4.35. The summed E-state index contributed by atoms with van der Waals surface area (Å²) < 4.78 is 12.8. The van der Waals surface area contributed by atoms with Crippen LogP contribution >= 0.6 is 0 Å². The number of nitrogens with two attached hydrogens (primary N) is 1. The zero-order valence-corrected chi connectivity index (χ0v) is 10.1. The first kappa shape index (κ1) is 11.6. The quantitative estimate of drug-likeness (QED) is 0.795. The van der Waals surface area contributed by atoms with Gasteiger partial charge in [0.1, 0.15) is 11.5 Å². The van der Waals surface area contributed by atoms with Gasteiger partial charge < -0.3 is 10.6 Å². The van der Waals surface area contributed by atoms with E-state index in [2.05, 4.69) is 4.98 Å². The molecule has 0 fully saturated rings. The van der Waals surface area contributed by atoms with Crippen molar-refractivity contribution in [1.82, 2.24) is 4.98 Å². The number of rotatable bonds is 1. The Morgan fingerprint density at radius 3 is 2.89 bits per heavy atom. The molecule has 4 nitrogen and oxygen atoms in total. The number of carbonyl (C=O) groups is 1. The molecule has 0 unspecified atom stereocenters. The normalized spacial score (nSPS) is 13.4. The van der Waals surface area contributed by atoms with Gasteiger partial charge in [0.25, 0.3) is 5.91 Å².